The van der Waals surface area contributed by atoms with Gasteiger partial charge in [0, 0.05) is 21.5 Å². The number of benzene rings is 2. The molecule has 0 bridgehead atoms. The highest BCUT2D eigenvalue weighted by Gasteiger charge is 2.54. The van der Waals surface area contributed by atoms with Crippen molar-refractivity contribution in [1.29, 1.82) is 0 Å². The van der Waals surface area contributed by atoms with Crippen molar-refractivity contribution in [1.82, 2.24) is 4.90 Å². The number of thioether (sulfide) groups is 1. The minimum absolute atomic E-state index is 0.0209. The number of carbonyl (C=O) groups excluding carboxylic acids is 3. The Morgan fingerprint density at radius 2 is 1.74 bits per heavy atom. The smallest absolute Gasteiger partial charge is 0.323 e. The fourth-order valence-electron chi connectivity index (χ4n) is 5.69. The van der Waals surface area contributed by atoms with Crippen LogP contribution in [0.15, 0.2) is 41.3 Å². The molecule has 3 heterocycles. The average Bonchev–Trinajstić information content (AvgIpc) is 3.19. The van der Waals surface area contributed by atoms with Crippen molar-refractivity contribution in [3.05, 3.63) is 68.6 Å². The van der Waals surface area contributed by atoms with E-state index in [1.807, 2.05) is 51.1 Å². The lowest BCUT2D eigenvalue weighted by Gasteiger charge is -2.50. The van der Waals surface area contributed by atoms with Crippen molar-refractivity contribution in [3.63, 3.8) is 0 Å². The van der Waals surface area contributed by atoms with Crippen molar-refractivity contribution in [2.24, 2.45) is 0 Å². The van der Waals surface area contributed by atoms with E-state index >= 15 is 0 Å². The van der Waals surface area contributed by atoms with E-state index in [2.05, 4.69) is 13.0 Å². The number of imide groups is 1. The van der Waals surface area contributed by atoms with Crippen LogP contribution in [0.5, 0.6) is 0 Å². The average molecular weight is 511 g/mol. The fourth-order valence-corrected chi connectivity index (χ4v) is 6.75. The number of carboxylic acids is 1. The molecule has 2 aromatic rings. The largest absolute Gasteiger partial charge is 0.480 e. The van der Waals surface area contributed by atoms with Crippen LogP contribution < -0.4 is 4.90 Å². The van der Waals surface area contributed by atoms with Gasteiger partial charge in [-0.05, 0) is 68.3 Å². The highest BCUT2D eigenvalue weighted by Crippen LogP contribution is 2.57. The number of anilines is 1. The number of halogens is 1. The second-order valence-electron chi connectivity index (χ2n) is 10.0. The van der Waals surface area contributed by atoms with Crippen LogP contribution in [-0.4, -0.2) is 45.1 Å². The highest BCUT2D eigenvalue weighted by atomic mass is 35.5. The number of amides is 3. The zero-order valence-electron chi connectivity index (χ0n) is 19.6. The molecular weight excluding hydrogens is 488 g/mol. The van der Waals surface area contributed by atoms with Gasteiger partial charge in [-0.15, -0.1) is 0 Å². The third-order valence-corrected chi connectivity index (χ3v) is 8.23. The second kappa shape index (κ2) is 7.70. The molecule has 0 aromatic heterocycles. The first-order chi connectivity index (χ1) is 16.3. The van der Waals surface area contributed by atoms with Gasteiger partial charge in [-0.3, -0.25) is 24.1 Å². The molecule has 5 rings (SSSR count). The quantitative estimate of drug-likeness (QED) is 0.585. The predicted octanol–water partition coefficient (Wildman–Crippen LogP) is 4.97. The summed E-state index contributed by atoms with van der Waals surface area (Å²) < 4.78 is 0. The number of hydrogen-bond donors (Lipinski definition) is 1. The van der Waals surface area contributed by atoms with Gasteiger partial charge in [-0.25, -0.2) is 0 Å². The predicted molar refractivity (Wildman–Crippen MR) is 135 cm³/mol. The summed E-state index contributed by atoms with van der Waals surface area (Å²) in [6.45, 7) is 7.31. The molecule has 7 nitrogen and oxygen atoms in total. The third kappa shape index (κ3) is 3.42. The number of carboxylic acid groups (broad SMARTS) is 1. The van der Waals surface area contributed by atoms with Gasteiger partial charge >= 0.3 is 5.97 Å². The van der Waals surface area contributed by atoms with Gasteiger partial charge in [0.25, 0.3) is 17.1 Å². The zero-order valence-corrected chi connectivity index (χ0v) is 21.2. The van der Waals surface area contributed by atoms with Crippen LogP contribution in [-0.2, 0) is 19.8 Å². The Labute approximate surface area is 211 Å². The Balaban J connectivity index is 1.77. The molecule has 0 spiro atoms. The summed E-state index contributed by atoms with van der Waals surface area (Å²) in [5.74, 6) is -2.40. The van der Waals surface area contributed by atoms with E-state index in [9.17, 15) is 19.2 Å². The van der Waals surface area contributed by atoms with Gasteiger partial charge in [0.2, 0.25) is 0 Å². The maximum Gasteiger partial charge on any atom is 0.323 e. The van der Waals surface area contributed by atoms with Crippen LogP contribution in [0.25, 0.3) is 5.57 Å². The van der Waals surface area contributed by atoms with Crippen LogP contribution in [0.2, 0.25) is 5.02 Å². The lowest BCUT2D eigenvalue weighted by Crippen LogP contribution is -2.54. The summed E-state index contributed by atoms with van der Waals surface area (Å²) in [6.07, 6.45) is 0.622. The van der Waals surface area contributed by atoms with Gasteiger partial charge < -0.3 is 10.0 Å². The number of aryl methyl sites for hydroxylation is 1. The lowest BCUT2D eigenvalue weighted by molar-refractivity contribution is -0.140. The lowest BCUT2D eigenvalue weighted by atomic mass is 9.65. The van der Waals surface area contributed by atoms with Crippen molar-refractivity contribution in [3.8, 4) is 0 Å². The van der Waals surface area contributed by atoms with Crippen molar-refractivity contribution in [2.45, 2.75) is 45.1 Å². The normalized spacial score (nSPS) is 24.9. The number of rotatable bonds is 3. The summed E-state index contributed by atoms with van der Waals surface area (Å²) in [5, 5.41) is 9.07. The topological polar surface area (TPSA) is 95.0 Å². The number of carbonyl (C=O) groups is 4. The van der Waals surface area contributed by atoms with Gasteiger partial charge in [-0.2, -0.15) is 0 Å². The van der Waals surface area contributed by atoms with E-state index in [4.69, 9.17) is 16.7 Å². The highest BCUT2D eigenvalue weighted by molar-refractivity contribution is 8.18. The van der Waals surface area contributed by atoms with E-state index in [1.165, 1.54) is 0 Å². The maximum absolute atomic E-state index is 13.9. The molecule has 3 amide bonds. The molecule has 1 unspecified atom stereocenters. The molecule has 2 aromatic carbocycles. The molecule has 0 aliphatic carbocycles. The van der Waals surface area contributed by atoms with Crippen molar-refractivity contribution in [2.75, 3.05) is 11.4 Å². The molecule has 3 aliphatic heterocycles. The first-order valence-corrected chi connectivity index (χ1v) is 12.3. The molecule has 9 heteroatoms. The first-order valence-electron chi connectivity index (χ1n) is 11.1. The molecular formula is C26H23ClN2O5S. The van der Waals surface area contributed by atoms with E-state index in [-0.39, 0.29) is 16.4 Å². The van der Waals surface area contributed by atoms with Crippen molar-refractivity contribution < 1.29 is 24.3 Å². The third-order valence-electron chi connectivity index (χ3n) is 7.00. The maximum atomic E-state index is 13.9. The monoisotopic (exact) mass is 510 g/mol. The fraction of sp³-hybridized carbons (Fsp3) is 0.308. The Hall–Kier alpha value is -3.10. The van der Waals surface area contributed by atoms with Crippen LogP contribution in [0.4, 0.5) is 10.5 Å². The van der Waals surface area contributed by atoms with Gasteiger partial charge in [0.05, 0.1) is 16.2 Å². The van der Waals surface area contributed by atoms with Crippen LogP contribution in [0.1, 0.15) is 49.4 Å². The molecule has 1 N–H and O–H groups in total. The van der Waals surface area contributed by atoms with Crippen LogP contribution in [0, 0.1) is 6.92 Å². The van der Waals surface area contributed by atoms with Crippen LogP contribution in [0.3, 0.4) is 0 Å². The summed E-state index contributed by atoms with van der Waals surface area (Å²) in [5.41, 5.74) is 3.37. The SMILES string of the molecule is Cc1cc2c3c(c1)C(C)(c1ccc(Cl)cc1)CC(C)(C)N3C(=O)/C2=C1\SC(=O)N(CC(=O)O)C1=O. The standard InChI is InChI=1S/C26H23ClN2O5S/c1-13-9-16-19(21-23(33)28(11-18(30)31)24(34)35-21)22(32)29-20(16)17(10-13)26(4,12-25(29,2)3)14-5-7-15(27)8-6-14/h5-10H,11-12H2,1-4H3,(H,30,31)/b21-19-. The Morgan fingerprint density at radius 3 is 2.37 bits per heavy atom. The first kappa shape index (κ1) is 23.6. The second-order valence-corrected chi connectivity index (χ2v) is 11.4. The molecule has 180 valence electrons. The summed E-state index contributed by atoms with van der Waals surface area (Å²) >= 11 is 6.78. The molecule has 1 atom stereocenters. The van der Waals surface area contributed by atoms with E-state index in [1.54, 1.807) is 4.90 Å². The van der Waals surface area contributed by atoms with Gasteiger partial charge in [0.1, 0.15) is 6.54 Å². The zero-order chi connectivity index (χ0) is 25.4. The summed E-state index contributed by atoms with van der Waals surface area (Å²) in [6, 6.07) is 11.6. The Morgan fingerprint density at radius 1 is 1.09 bits per heavy atom. The van der Waals surface area contributed by atoms with Crippen molar-refractivity contribution >= 4 is 57.6 Å². The summed E-state index contributed by atoms with van der Waals surface area (Å²) in [7, 11) is 0. The van der Waals surface area contributed by atoms with E-state index in [0.717, 1.165) is 22.4 Å². The minimum Gasteiger partial charge on any atom is -0.480 e. The summed E-state index contributed by atoms with van der Waals surface area (Å²) in [4.78, 5) is 53.1. The number of nitrogens with zero attached hydrogens (tertiary/aromatic N) is 2. The molecule has 1 saturated heterocycles. The number of aliphatic carboxylic acids is 1. The molecule has 0 saturated carbocycles. The van der Waals surface area contributed by atoms with Gasteiger partial charge in [0.15, 0.2) is 0 Å². The van der Waals surface area contributed by atoms with E-state index in [0.29, 0.717) is 33.7 Å². The molecule has 0 radical (unpaired) electrons. The Bertz CT molecular complexity index is 1380. The number of hydrogen-bond acceptors (Lipinski definition) is 5. The van der Waals surface area contributed by atoms with E-state index < -0.39 is 34.6 Å². The molecule has 35 heavy (non-hydrogen) atoms. The van der Waals surface area contributed by atoms with Crippen LogP contribution >= 0.6 is 23.4 Å². The molecule has 3 aliphatic rings. The minimum atomic E-state index is -1.30. The molecule has 1 fully saturated rings. The Kier molecular flexibility index (Phi) is 5.20. The van der Waals surface area contributed by atoms with Gasteiger partial charge in [-0.1, -0.05) is 42.3 Å².